The molecule has 0 unspecified atom stereocenters. The van der Waals surface area contributed by atoms with E-state index in [4.69, 9.17) is 19.3 Å². The van der Waals surface area contributed by atoms with Gasteiger partial charge in [0.1, 0.15) is 6.56 Å². The van der Waals surface area contributed by atoms with Crippen molar-refractivity contribution < 1.29 is 28.8 Å². The number of amides is 1. The Bertz CT molecular complexity index is 1120. The minimum atomic E-state index is -3.60. The van der Waals surface area contributed by atoms with Crippen LogP contribution >= 0.6 is 0 Å². The van der Waals surface area contributed by atoms with Crippen LogP contribution in [0.4, 0.5) is 4.79 Å². The maximum atomic E-state index is 11.6. The second kappa shape index (κ2) is 5.77. The monoisotopic (exact) mass is 301 g/mol. The second-order valence-electron chi connectivity index (χ2n) is 4.43. The normalized spacial score (nSPS) is 33.5. The molecule has 2 aromatic rings. The summed E-state index contributed by atoms with van der Waals surface area (Å²) in [6, 6.07) is 2.70. The molecule has 1 amide bonds. The summed E-state index contributed by atoms with van der Waals surface area (Å²) in [4.78, 5) is 11.8. The number of ether oxygens (including phenoxy) is 1. The summed E-state index contributed by atoms with van der Waals surface area (Å²) in [6.07, 6.45) is -3.82. The average Bonchev–Trinajstić information content (AvgIpc) is 3.07. The molecule has 0 bridgehead atoms. The molecule has 3 rings (SSSR count). The average molecular weight is 301 g/mol. The fourth-order valence-electron chi connectivity index (χ4n) is 2.07. The topological polar surface area (TPSA) is 57.4 Å². The van der Waals surface area contributed by atoms with E-state index in [1.54, 1.807) is 0 Å². The molecule has 0 radical (unpaired) electrons. The number of likely N-dealkylation sites (N-methyl/N-ethyl adjacent to an activating group) is 1. The van der Waals surface area contributed by atoms with Gasteiger partial charge in [0.2, 0.25) is 0 Å². The van der Waals surface area contributed by atoms with Crippen molar-refractivity contribution in [2.75, 3.05) is 27.0 Å². The van der Waals surface area contributed by atoms with Crippen LogP contribution < -0.4 is 5.31 Å². The van der Waals surface area contributed by atoms with Crippen molar-refractivity contribution in [1.82, 2.24) is 15.2 Å². The lowest BCUT2D eigenvalue weighted by atomic mass is 10.0. The third-order valence-corrected chi connectivity index (χ3v) is 2.96. The molecular formula is C16H21N3O2. The number of benzene rings is 1. The van der Waals surface area contributed by atoms with E-state index in [1.165, 1.54) is 18.2 Å². The summed E-state index contributed by atoms with van der Waals surface area (Å²) in [6.45, 7) is -13.2. The zero-order valence-electron chi connectivity index (χ0n) is 24.8. The highest BCUT2D eigenvalue weighted by Gasteiger charge is 2.22. The Morgan fingerprint density at radius 2 is 2.52 bits per heavy atom. The molecule has 0 aliphatic carbocycles. The molecule has 0 spiro atoms. The first-order valence-corrected chi connectivity index (χ1v) is 6.07. The van der Waals surface area contributed by atoms with E-state index in [1.807, 2.05) is 0 Å². The van der Waals surface area contributed by atoms with Crippen LogP contribution in [-0.4, -0.2) is 49.0 Å². The van der Waals surface area contributed by atoms with Crippen molar-refractivity contribution in [2.45, 2.75) is 18.8 Å². The predicted octanol–water partition coefficient (Wildman–Crippen LogP) is 1.92. The van der Waals surface area contributed by atoms with Gasteiger partial charge < -0.3 is 19.9 Å². The van der Waals surface area contributed by atoms with E-state index in [0.717, 1.165) is 6.20 Å². The summed E-state index contributed by atoms with van der Waals surface area (Å²) in [5, 5.41) is 0.258. The van der Waals surface area contributed by atoms with Crippen molar-refractivity contribution >= 4 is 17.0 Å². The third kappa shape index (κ3) is 3.19. The van der Waals surface area contributed by atoms with Crippen LogP contribution in [0.2, 0.25) is 2.82 Å². The number of cyclic esters (lactones) is 1. The van der Waals surface area contributed by atoms with Crippen molar-refractivity contribution in [3.05, 3.63) is 35.5 Å². The van der Waals surface area contributed by atoms with Gasteiger partial charge in [0.25, 0.3) is 0 Å². The quantitative estimate of drug-likeness (QED) is 0.887. The Kier molecular flexibility index (Phi) is 1.38. The molecule has 1 aromatic heterocycles. The molecule has 1 aliphatic heterocycles. The lowest BCUT2D eigenvalue weighted by Gasteiger charge is -2.09. The van der Waals surface area contributed by atoms with E-state index >= 15 is 0 Å². The molecule has 5 heteroatoms. The van der Waals surface area contributed by atoms with Crippen molar-refractivity contribution in [3.63, 3.8) is 0 Å². The molecule has 2 heterocycles. The molecular weight excluding hydrogens is 266 g/mol. The third-order valence-electron chi connectivity index (χ3n) is 2.96. The maximum absolute atomic E-state index is 11.6. The fourth-order valence-corrected chi connectivity index (χ4v) is 2.07. The Hall–Kier alpha value is -2.01. The van der Waals surface area contributed by atoms with Crippen LogP contribution in [-0.2, 0) is 17.5 Å². The van der Waals surface area contributed by atoms with Gasteiger partial charge in [-0.15, -0.1) is 0 Å². The first kappa shape index (κ1) is 5.02. The number of hydrogen-bond donors (Lipinski definition) is 2. The Labute approximate surface area is 144 Å². The number of alkyl carbamates (subject to hydrolysis) is 1. The highest BCUT2D eigenvalue weighted by Crippen LogP contribution is 2.21. The highest BCUT2D eigenvalue weighted by atomic mass is 16.6. The van der Waals surface area contributed by atoms with Crippen LogP contribution in [0.1, 0.15) is 27.6 Å². The molecule has 1 fully saturated rings. The minimum absolute atomic E-state index is 0.0651. The zero-order chi connectivity index (χ0) is 26.9. The molecule has 1 aliphatic rings. The summed E-state index contributed by atoms with van der Waals surface area (Å²) < 4.78 is 114. The van der Waals surface area contributed by atoms with Crippen molar-refractivity contribution in [3.8, 4) is 0 Å². The van der Waals surface area contributed by atoms with Gasteiger partial charge in [-0.1, -0.05) is 6.07 Å². The molecule has 112 valence electrons. The van der Waals surface area contributed by atoms with Crippen LogP contribution in [0.5, 0.6) is 0 Å². The second-order valence-corrected chi connectivity index (χ2v) is 4.43. The Morgan fingerprint density at radius 1 is 1.62 bits per heavy atom. The molecule has 1 saturated heterocycles. The number of aromatic amines is 1. The summed E-state index contributed by atoms with van der Waals surface area (Å²) >= 11 is 0. The minimum Gasteiger partial charge on any atom is -0.447 e. The van der Waals surface area contributed by atoms with E-state index in [-0.39, 0.29) is 22.9 Å². The number of nitrogens with one attached hydrogen (secondary N) is 2. The van der Waals surface area contributed by atoms with Crippen molar-refractivity contribution in [2.24, 2.45) is 0 Å². The first-order chi connectivity index (χ1) is 15.6. The molecule has 0 saturated carbocycles. The largest absolute Gasteiger partial charge is 0.447 e. The van der Waals surface area contributed by atoms with Gasteiger partial charge in [0, 0.05) is 37.3 Å². The molecule has 2 N–H and O–H groups in total. The number of rotatable bonds is 5. The van der Waals surface area contributed by atoms with E-state index in [0.29, 0.717) is 10.3 Å². The smallest absolute Gasteiger partial charge is 0.407 e. The molecule has 5 nitrogen and oxygen atoms in total. The number of aromatic nitrogens is 1. The van der Waals surface area contributed by atoms with E-state index < -0.39 is 56.0 Å². The van der Waals surface area contributed by atoms with Crippen LogP contribution in [0, 0.1) is 0 Å². The molecule has 1 aromatic carbocycles. The van der Waals surface area contributed by atoms with Crippen LogP contribution in [0.15, 0.2) is 24.4 Å². The molecule has 1 atom stereocenters. The predicted molar refractivity (Wildman–Crippen MR) is 82.5 cm³/mol. The lowest BCUT2D eigenvalue weighted by Crippen LogP contribution is -2.28. The number of hydrogen-bond acceptors (Lipinski definition) is 3. The number of fused-ring (bicyclic) bond motifs is 1. The van der Waals surface area contributed by atoms with Crippen LogP contribution in [0.3, 0.4) is 0 Å². The van der Waals surface area contributed by atoms with Gasteiger partial charge in [0.05, 0.1) is 8.78 Å². The highest BCUT2D eigenvalue weighted by molar-refractivity contribution is 5.84. The van der Waals surface area contributed by atoms with Gasteiger partial charge in [-0.25, -0.2) is 4.79 Å². The summed E-state index contributed by atoms with van der Waals surface area (Å²) in [7, 11) is 0. The van der Waals surface area contributed by atoms with Crippen LogP contribution in [0.25, 0.3) is 10.9 Å². The number of H-pyrrole nitrogens is 1. The summed E-state index contributed by atoms with van der Waals surface area (Å²) in [5.74, 6) is 0. The van der Waals surface area contributed by atoms with Gasteiger partial charge in [-0.2, -0.15) is 0 Å². The number of aryl methyl sites for hydroxylation is 1. The lowest BCUT2D eigenvalue weighted by molar-refractivity contribution is 0.177. The zero-order valence-corrected chi connectivity index (χ0v) is 10.8. The maximum Gasteiger partial charge on any atom is 0.407 e. The first-order valence-electron chi connectivity index (χ1n) is 13.0. The fraction of sp³-hybridized carbons (Fsp3) is 0.438. The Balaban J connectivity index is 2.12. The summed E-state index contributed by atoms with van der Waals surface area (Å²) in [5.41, 5.74) is -0.172. The standard InChI is InChI=1S/C16H21N3O2/c1-19(2)6-5-12-9-17-15-4-3-11(8-14(12)15)7-13-10-21-16(20)18-13/h3-4,8-9,13,17H,5-7,10H2,1-2H3,(H,18,20)/t13-/m0/s1/i1D3,2D3,5D2,6D2,10D2/hD2. The van der Waals surface area contributed by atoms with Crippen molar-refractivity contribution in [1.29, 1.82) is 0 Å². The molecule has 21 heavy (non-hydrogen) atoms. The SMILES string of the molecule is [2H]N1C(=O)OC([2H])([2H])[C@@H]1Cc1ccc2c(c1)c(C([2H])([2H])C([2H])([2H])N(C([2H])([2H])[2H])C([2H])([2H])[2H])cn2[2H]. The van der Waals surface area contributed by atoms with E-state index in [9.17, 15) is 4.79 Å². The number of nitrogens with zero attached hydrogens (tertiary/aromatic N) is 1. The van der Waals surface area contributed by atoms with Gasteiger partial charge in [0.15, 0.2) is 2.82 Å². The van der Waals surface area contributed by atoms with E-state index in [2.05, 4.69) is 4.74 Å². The number of carbonyl (C=O) groups excluding carboxylic acids is 1. The van der Waals surface area contributed by atoms with Gasteiger partial charge in [-0.05, 0) is 50.0 Å². The van der Waals surface area contributed by atoms with Gasteiger partial charge >= 0.3 is 6.09 Å². The number of carbonyl (C=O) groups is 1. The Morgan fingerprint density at radius 3 is 3.29 bits per heavy atom. The van der Waals surface area contributed by atoms with Gasteiger partial charge in [-0.3, -0.25) is 0 Å².